The molecule has 1 rings (SSSR count). The van der Waals surface area contributed by atoms with Crippen molar-refractivity contribution in [2.24, 2.45) is 5.41 Å². The van der Waals surface area contributed by atoms with Gasteiger partial charge in [0.1, 0.15) is 0 Å². The lowest BCUT2D eigenvalue weighted by atomic mass is 9.90. The number of rotatable bonds is 4. The third-order valence-corrected chi connectivity index (χ3v) is 2.99. The van der Waals surface area contributed by atoms with Gasteiger partial charge >= 0.3 is 0 Å². The summed E-state index contributed by atoms with van der Waals surface area (Å²) < 4.78 is 0. The van der Waals surface area contributed by atoms with Gasteiger partial charge in [-0.05, 0) is 37.6 Å². The number of hydrogen-bond donors (Lipinski definition) is 2. The minimum Gasteiger partial charge on any atom is -0.352 e. The van der Waals surface area contributed by atoms with Crippen molar-refractivity contribution in [3.05, 3.63) is 0 Å². The van der Waals surface area contributed by atoms with E-state index in [-0.39, 0.29) is 18.3 Å². The van der Waals surface area contributed by atoms with Crippen molar-refractivity contribution < 1.29 is 4.79 Å². The summed E-state index contributed by atoms with van der Waals surface area (Å²) in [6, 6.07) is 0.357. The minimum atomic E-state index is 0. The zero-order valence-electron chi connectivity index (χ0n) is 11.3. The zero-order valence-corrected chi connectivity index (χ0v) is 12.2. The molecule has 0 saturated carbocycles. The Morgan fingerprint density at radius 2 is 2.12 bits per heavy atom. The first kappa shape index (κ1) is 16.7. The first-order valence-corrected chi connectivity index (χ1v) is 6.47. The van der Waals surface area contributed by atoms with Crippen LogP contribution in [0.1, 0.15) is 52.9 Å². The third-order valence-electron chi connectivity index (χ3n) is 2.99. The summed E-state index contributed by atoms with van der Waals surface area (Å²) in [6.07, 6.45) is 5.08. The fourth-order valence-electron chi connectivity index (χ4n) is 2.05. The van der Waals surface area contributed by atoms with E-state index in [4.69, 9.17) is 0 Å². The second-order valence-electron chi connectivity index (χ2n) is 6.03. The van der Waals surface area contributed by atoms with Crippen LogP contribution in [0.15, 0.2) is 0 Å². The van der Waals surface area contributed by atoms with Crippen molar-refractivity contribution >= 4 is 18.3 Å². The lowest BCUT2D eigenvalue weighted by molar-refractivity contribution is -0.122. The Morgan fingerprint density at radius 1 is 1.41 bits per heavy atom. The van der Waals surface area contributed by atoms with E-state index >= 15 is 0 Å². The highest BCUT2D eigenvalue weighted by atomic mass is 35.5. The topological polar surface area (TPSA) is 41.1 Å². The summed E-state index contributed by atoms with van der Waals surface area (Å²) in [6.45, 7) is 8.68. The van der Waals surface area contributed by atoms with Crippen LogP contribution in [0.5, 0.6) is 0 Å². The molecule has 1 heterocycles. The summed E-state index contributed by atoms with van der Waals surface area (Å²) >= 11 is 0. The first-order valence-electron chi connectivity index (χ1n) is 6.47. The molecule has 1 atom stereocenters. The standard InChI is InChI=1S/C13H26N2O.ClH/c1-13(2,3)8-4-7-12(16)15-11-6-5-9-14-10-11;/h11,14H,4-10H2,1-3H3,(H,15,16);1H. The van der Waals surface area contributed by atoms with Crippen LogP contribution in [-0.2, 0) is 4.79 Å². The molecule has 102 valence electrons. The van der Waals surface area contributed by atoms with Crippen molar-refractivity contribution in [2.45, 2.75) is 58.9 Å². The van der Waals surface area contributed by atoms with E-state index in [1.165, 1.54) is 6.42 Å². The summed E-state index contributed by atoms with van der Waals surface area (Å²) in [5.41, 5.74) is 0.340. The molecule has 0 spiro atoms. The predicted octanol–water partition coefficient (Wildman–Crippen LogP) is 2.49. The second kappa shape index (κ2) is 7.93. The molecule has 0 aromatic carbocycles. The quantitative estimate of drug-likeness (QED) is 0.817. The maximum atomic E-state index is 11.7. The normalized spacial score (nSPS) is 20.5. The molecule has 4 heteroatoms. The van der Waals surface area contributed by atoms with Gasteiger partial charge in [-0.3, -0.25) is 4.79 Å². The Balaban J connectivity index is 0.00000256. The number of piperidine rings is 1. The van der Waals surface area contributed by atoms with Gasteiger partial charge in [-0.1, -0.05) is 20.8 Å². The van der Waals surface area contributed by atoms with E-state index in [2.05, 4.69) is 31.4 Å². The van der Waals surface area contributed by atoms with Gasteiger partial charge in [0.2, 0.25) is 5.91 Å². The van der Waals surface area contributed by atoms with Crippen LogP contribution in [0.2, 0.25) is 0 Å². The van der Waals surface area contributed by atoms with Crippen LogP contribution in [-0.4, -0.2) is 25.0 Å². The molecule has 2 N–H and O–H groups in total. The van der Waals surface area contributed by atoms with Gasteiger partial charge < -0.3 is 10.6 Å². The monoisotopic (exact) mass is 262 g/mol. The van der Waals surface area contributed by atoms with Gasteiger partial charge in [-0.25, -0.2) is 0 Å². The lowest BCUT2D eigenvalue weighted by Crippen LogP contribution is -2.45. The average Bonchev–Trinajstić information content (AvgIpc) is 2.17. The SMILES string of the molecule is CC(C)(C)CCCC(=O)NC1CCCNC1.Cl. The average molecular weight is 263 g/mol. The predicted molar refractivity (Wildman–Crippen MR) is 74.6 cm³/mol. The van der Waals surface area contributed by atoms with Crippen LogP contribution in [0.4, 0.5) is 0 Å². The number of hydrogen-bond acceptors (Lipinski definition) is 2. The lowest BCUT2D eigenvalue weighted by Gasteiger charge is -2.24. The van der Waals surface area contributed by atoms with Crippen molar-refractivity contribution in [3.8, 4) is 0 Å². The molecule has 17 heavy (non-hydrogen) atoms. The summed E-state index contributed by atoms with van der Waals surface area (Å²) in [4.78, 5) is 11.7. The number of carbonyl (C=O) groups excluding carboxylic acids is 1. The van der Waals surface area contributed by atoms with Gasteiger partial charge in [-0.15, -0.1) is 12.4 Å². The number of amides is 1. The Hall–Kier alpha value is -0.280. The number of halogens is 1. The van der Waals surface area contributed by atoms with Crippen LogP contribution in [0, 0.1) is 5.41 Å². The highest BCUT2D eigenvalue weighted by Gasteiger charge is 2.16. The van der Waals surface area contributed by atoms with E-state index < -0.39 is 0 Å². The highest BCUT2D eigenvalue weighted by Crippen LogP contribution is 2.21. The minimum absolute atomic E-state index is 0. The number of carbonyl (C=O) groups is 1. The number of nitrogens with one attached hydrogen (secondary N) is 2. The van der Waals surface area contributed by atoms with Crippen molar-refractivity contribution in [1.82, 2.24) is 10.6 Å². The van der Waals surface area contributed by atoms with Gasteiger partial charge in [0.05, 0.1) is 0 Å². The Morgan fingerprint density at radius 3 is 2.65 bits per heavy atom. The fourth-order valence-corrected chi connectivity index (χ4v) is 2.05. The molecule has 0 bridgehead atoms. The fraction of sp³-hybridized carbons (Fsp3) is 0.923. The molecule has 0 aliphatic carbocycles. The molecule has 0 aromatic rings. The molecule has 1 aliphatic rings. The molecule has 1 fully saturated rings. The third kappa shape index (κ3) is 8.44. The Kier molecular flexibility index (Phi) is 7.80. The molecule has 1 aliphatic heterocycles. The maximum Gasteiger partial charge on any atom is 0.220 e. The summed E-state index contributed by atoms with van der Waals surface area (Å²) in [5, 5.41) is 6.41. The van der Waals surface area contributed by atoms with Crippen LogP contribution in [0.25, 0.3) is 0 Å². The van der Waals surface area contributed by atoms with Crippen molar-refractivity contribution in [3.63, 3.8) is 0 Å². The molecule has 3 nitrogen and oxygen atoms in total. The molecule has 0 aromatic heterocycles. The van der Waals surface area contributed by atoms with E-state index in [1.807, 2.05) is 0 Å². The molecular formula is C13H27ClN2O. The zero-order chi connectivity index (χ0) is 12.0. The van der Waals surface area contributed by atoms with E-state index in [0.29, 0.717) is 17.9 Å². The maximum absolute atomic E-state index is 11.7. The van der Waals surface area contributed by atoms with Gasteiger partial charge in [0.15, 0.2) is 0 Å². The van der Waals surface area contributed by atoms with E-state index in [0.717, 1.165) is 32.4 Å². The van der Waals surface area contributed by atoms with E-state index in [9.17, 15) is 4.79 Å². The van der Waals surface area contributed by atoms with Crippen LogP contribution < -0.4 is 10.6 Å². The van der Waals surface area contributed by atoms with Gasteiger partial charge in [0.25, 0.3) is 0 Å². The smallest absolute Gasteiger partial charge is 0.220 e. The second-order valence-corrected chi connectivity index (χ2v) is 6.03. The molecular weight excluding hydrogens is 236 g/mol. The first-order chi connectivity index (χ1) is 7.47. The van der Waals surface area contributed by atoms with Crippen LogP contribution in [0.3, 0.4) is 0 Å². The van der Waals surface area contributed by atoms with Gasteiger partial charge in [0, 0.05) is 19.0 Å². The highest BCUT2D eigenvalue weighted by molar-refractivity contribution is 5.85. The molecule has 1 saturated heterocycles. The van der Waals surface area contributed by atoms with E-state index in [1.54, 1.807) is 0 Å². The summed E-state index contributed by atoms with van der Waals surface area (Å²) in [5.74, 6) is 0.220. The van der Waals surface area contributed by atoms with Crippen LogP contribution >= 0.6 is 12.4 Å². The molecule has 1 amide bonds. The molecule has 1 unspecified atom stereocenters. The Labute approximate surface area is 112 Å². The van der Waals surface area contributed by atoms with Crippen molar-refractivity contribution in [2.75, 3.05) is 13.1 Å². The van der Waals surface area contributed by atoms with Crippen molar-refractivity contribution in [1.29, 1.82) is 0 Å². The largest absolute Gasteiger partial charge is 0.352 e. The summed E-state index contributed by atoms with van der Waals surface area (Å²) in [7, 11) is 0. The molecule has 0 radical (unpaired) electrons. The van der Waals surface area contributed by atoms with Gasteiger partial charge in [-0.2, -0.15) is 0 Å². The Bertz CT molecular complexity index is 220.